The number of hydrogen-bond acceptors (Lipinski definition) is 7. The number of methoxy groups -OCH3 is 2. The van der Waals surface area contributed by atoms with Crippen LogP contribution < -0.4 is 20.1 Å². The van der Waals surface area contributed by atoms with Crippen LogP contribution in [0.2, 0.25) is 0 Å². The zero-order chi connectivity index (χ0) is 22.2. The monoisotopic (exact) mass is 442 g/mol. The largest absolute Gasteiger partial charge is 0.497 e. The molecule has 0 unspecified atom stereocenters. The van der Waals surface area contributed by atoms with E-state index in [1.165, 1.54) is 44.2 Å². The van der Waals surface area contributed by atoms with E-state index in [0.29, 0.717) is 22.2 Å². The summed E-state index contributed by atoms with van der Waals surface area (Å²) in [6.45, 7) is 0. The first-order valence-electron chi connectivity index (χ1n) is 9.03. The van der Waals surface area contributed by atoms with Crippen molar-refractivity contribution >= 4 is 35.1 Å². The number of nitrogens with one attached hydrogen (secondary N) is 2. The third-order valence-corrected chi connectivity index (χ3v) is 4.87. The number of halogens is 1. The topological polar surface area (TPSA) is 102 Å². The van der Waals surface area contributed by atoms with Gasteiger partial charge in [0.15, 0.2) is 5.82 Å². The molecule has 1 heterocycles. The average molecular weight is 442 g/mol. The second kappa shape index (κ2) is 10.4. The molecule has 3 rings (SSSR count). The Morgan fingerprint density at radius 2 is 1.71 bits per heavy atom. The fourth-order valence-corrected chi connectivity index (χ4v) is 3.11. The van der Waals surface area contributed by atoms with Gasteiger partial charge < -0.3 is 20.1 Å². The molecule has 2 amide bonds. The predicted octanol–water partition coefficient (Wildman–Crippen LogP) is 3.62. The van der Waals surface area contributed by atoms with Crippen LogP contribution in [-0.4, -0.2) is 42.0 Å². The number of carbonyl (C=O) groups excluding carboxylic acids is 2. The van der Waals surface area contributed by atoms with E-state index in [1.807, 2.05) is 0 Å². The number of carbonyl (C=O) groups is 2. The molecule has 8 nitrogen and oxygen atoms in total. The smallest absolute Gasteiger partial charge is 0.256 e. The first-order chi connectivity index (χ1) is 15.0. The number of benzene rings is 2. The fraction of sp³-hybridized carbons (Fsp3) is 0.143. The predicted molar refractivity (Wildman–Crippen MR) is 115 cm³/mol. The van der Waals surface area contributed by atoms with Crippen LogP contribution in [0, 0.1) is 5.82 Å². The van der Waals surface area contributed by atoms with Crippen molar-refractivity contribution in [1.29, 1.82) is 0 Å². The second-order valence-corrected chi connectivity index (χ2v) is 7.16. The number of rotatable bonds is 8. The Kier molecular flexibility index (Phi) is 7.39. The summed E-state index contributed by atoms with van der Waals surface area (Å²) in [6, 6.07) is 13.6. The van der Waals surface area contributed by atoms with Gasteiger partial charge in [-0.1, -0.05) is 17.8 Å². The summed E-state index contributed by atoms with van der Waals surface area (Å²) in [6.07, 6.45) is 0. The average Bonchev–Trinajstić information content (AvgIpc) is 2.78. The van der Waals surface area contributed by atoms with Crippen molar-refractivity contribution in [2.75, 3.05) is 30.6 Å². The Hall–Kier alpha value is -3.66. The van der Waals surface area contributed by atoms with Crippen LogP contribution in [0.1, 0.15) is 10.4 Å². The molecule has 0 aliphatic rings. The van der Waals surface area contributed by atoms with Gasteiger partial charge in [0, 0.05) is 29.4 Å². The van der Waals surface area contributed by atoms with Crippen LogP contribution in [0.15, 0.2) is 59.6 Å². The molecule has 10 heteroatoms. The number of aromatic nitrogens is 2. The molecule has 0 bridgehead atoms. The zero-order valence-electron chi connectivity index (χ0n) is 16.7. The maximum Gasteiger partial charge on any atom is 0.256 e. The molecule has 160 valence electrons. The molecule has 1 aromatic heterocycles. The molecule has 0 radical (unpaired) electrons. The van der Waals surface area contributed by atoms with E-state index in [1.54, 1.807) is 30.3 Å². The summed E-state index contributed by atoms with van der Waals surface area (Å²) < 4.78 is 23.6. The van der Waals surface area contributed by atoms with Crippen LogP contribution in [0.5, 0.6) is 11.5 Å². The maximum atomic E-state index is 13.2. The molecule has 3 aromatic rings. The van der Waals surface area contributed by atoms with Crippen molar-refractivity contribution in [2.24, 2.45) is 0 Å². The van der Waals surface area contributed by atoms with E-state index < -0.39 is 11.7 Å². The van der Waals surface area contributed by atoms with Gasteiger partial charge >= 0.3 is 0 Å². The van der Waals surface area contributed by atoms with Gasteiger partial charge in [-0.05, 0) is 30.3 Å². The summed E-state index contributed by atoms with van der Waals surface area (Å²) >= 11 is 1.18. The Bertz CT molecular complexity index is 1060. The minimum absolute atomic E-state index is 0.100. The summed E-state index contributed by atoms with van der Waals surface area (Å²) in [7, 11) is 3.05. The highest BCUT2D eigenvalue weighted by Gasteiger charge is 2.10. The van der Waals surface area contributed by atoms with Crippen molar-refractivity contribution in [3.63, 3.8) is 0 Å². The Labute approximate surface area is 182 Å². The summed E-state index contributed by atoms with van der Waals surface area (Å²) in [4.78, 5) is 24.3. The van der Waals surface area contributed by atoms with Gasteiger partial charge in [0.1, 0.15) is 22.3 Å². The van der Waals surface area contributed by atoms with E-state index in [0.717, 1.165) is 6.07 Å². The van der Waals surface area contributed by atoms with Gasteiger partial charge in [-0.2, -0.15) is 0 Å². The minimum atomic E-state index is -0.504. The molecular formula is C21H19FN4O4S. The van der Waals surface area contributed by atoms with Crippen molar-refractivity contribution in [2.45, 2.75) is 5.03 Å². The van der Waals surface area contributed by atoms with Gasteiger partial charge in [0.25, 0.3) is 5.91 Å². The summed E-state index contributed by atoms with van der Waals surface area (Å²) in [5.74, 6) is 0.187. The second-order valence-electron chi connectivity index (χ2n) is 6.16. The third kappa shape index (κ3) is 6.41. The van der Waals surface area contributed by atoms with Crippen molar-refractivity contribution in [1.82, 2.24) is 10.2 Å². The molecule has 0 saturated heterocycles. The molecule has 0 spiro atoms. The number of ether oxygens (including phenoxy) is 2. The van der Waals surface area contributed by atoms with E-state index in [2.05, 4.69) is 20.8 Å². The maximum absolute atomic E-state index is 13.2. The molecule has 2 aromatic carbocycles. The fourth-order valence-electron chi connectivity index (χ4n) is 2.50. The number of anilines is 2. The summed E-state index contributed by atoms with van der Waals surface area (Å²) in [5.41, 5.74) is 0.717. The van der Waals surface area contributed by atoms with Gasteiger partial charge in [0.2, 0.25) is 5.91 Å². The molecule has 0 fully saturated rings. The Morgan fingerprint density at radius 3 is 2.32 bits per heavy atom. The van der Waals surface area contributed by atoms with Crippen LogP contribution >= 0.6 is 11.8 Å². The molecule has 0 atom stereocenters. The lowest BCUT2D eigenvalue weighted by atomic mass is 10.2. The third-order valence-electron chi connectivity index (χ3n) is 3.95. The lowest BCUT2D eigenvalue weighted by Crippen LogP contribution is -2.15. The molecular weight excluding hydrogens is 423 g/mol. The highest BCUT2D eigenvalue weighted by atomic mass is 32.2. The zero-order valence-corrected chi connectivity index (χ0v) is 17.5. The van der Waals surface area contributed by atoms with Crippen LogP contribution in [0.3, 0.4) is 0 Å². The molecule has 31 heavy (non-hydrogen) atoms. The number of hydrogen-bond donors (Lipinski definition) is 2. The van der Waals surface area contributed by atoms with Crippen molar-refractivity contribution < 1.29 is 23.5 Å². The quantitative estimate of drug-likeness (QED) is 0.514. The van der Waals surface area contributed by atoms with Gasteiger partial charge in [-0.3, -0.25) is 9.59 Å². The van der Waals surface area contributed by atoms with Crippen molar-refractivity contribution in [3.05, 3.63) is 66.0 Å². The minimum Gasteiger partial charge on any atom is -0.497 e. The van der Waals surface area contributed by atoms with E-state index in [9.17, 15) is 14.0 Å². The standard InChI is InChI=1S/C21H19FN4O4S/c1-29-16-9-15(10-17(11-16)30-2)23-19(27)12-31-20-7-6-18(25-26-20)24-21(28)13-4-3-5-14(22)8-13/h3-11H,12H2,1-2H3,(H,23,27)(H,24,25,28). The van der Waals surface area contributed by atoms with E-state index in [-0.39, 0.29) is 23.0 Å². The number of nitrogens with zero attached hydrogens (tertiary/aromatic N) is 2. The van der Waals surface area contributed by atoms with Gasteiger partial charge in [-0.15, -0.1) is 10.2 Å². The summed E-state index contributed by atoms with van der Waals surface area (Å²) in [5, 5.41) is 13.7. The van der Waals surface area contributed by atoms with Crippen LogP contribution in [-0.2, 0) is 4.79 Å². The van der Waals surface area contributed by atoms with Gasteiger partial charge in [-0.25, -0.2) is 4.39 Å². The molecule has 0 aliphatic carbocycles. The first kappa shape index (κ1) is 22.0. The SMILES string of the molecule is COc1cc(NC(=O)CSc2ccc(NC(=O)c3cccc(F)c3)nn2)cc(OC)c1. The van der Waals surface area contributed by atoms with Crippen LogP contribution in [0.25, 0.3) is 0 Å². The molecule has 2 N–H and O–H groups in total. The molecule has 0 saturated carbocycles. The van der Waals surface area contributed by atoms with Gasteiger partial charge in [0.05, 0.1) is 20.0 Å². The lowest BCUT2D eigenvalue weighted by molar-refractivity contribution is -0.113. The van der Waals surface area contributed by atoms with E-state index >= 15 is 0 Å². The first-order valence-corrected chi connectivity index (χ1v) is 10.0. The molecule has 0 aliphatic heterocycles. The normalized spacial score (nSPS) is 10.3. The lowest BCUT2D eigenvalue weighted by Gasteiger charge is -2.09. The number of thioether (sulfide) groups is 1. The highest BCUT2D eigenvalue weighted by molar-refractivity contribution is 7.99. The number of amides is 2. The van der Waals surface area contributed by atoms with Crippen LogP contribution in [0.4, 0.5) is 15.9 Å². The highest BCUT2D eigenvalue weighted by Crippen LogP contribution is 2.26. The van der Waals surface area contributed by atoms with E-state index in [4.69, 9.17) is 9.47 Å². The van der Waals surface area contributed by atoms with Crippen molar-refractivity contribution in [3.8, 4) is 11.5 Å². The Morgan fingerprint density at radius 1 is 0.968 bits per heavy atom. The Balaban J connectivity index is 1.53.